The van der Waals surface area contributed by atoms with Crippen LogP contribution in [-0.4, -0.2) is 28.7 Å². The van der Waals surface area contributed by atoms with Crippen LogP contribution in [0.4, 0.5) is 5.69 Å². The highest BCUT2D eigenvalue weighted by atomic mass is 35.5. The lowest BCUT2D eigenvalue weighted by Crippen LogP contribution is -2.30. The molecule has 0 fully saturated rings. The molecule has 1 amide bonds. The molecule has 1 unspecified atom stereocenters. The van der Waals surface area contributed by atoms with Gasteiger partial charge in [0.1, 0.15) is 5.69 Å². The lowest BCUT2D eigenvalue weighted by atomic mass is 10.1. The van der Waals surface area contributed by atoms with Gasteiger partial charge in [0.25, 0.3) is 5.91 Å². The first-order valence-electron chi connectivity index (χ1n) is 6.84. The normalized spacial score (nSPS) is 11.6. The maximum atomic E-state index is 12.1. The van der Waals surface area contributed by atoms with Gasteiger partial charge < -0.3 is 15.0 Å². The van der Waals surface area contributed by atoms with Gasteiger partial charge in [-0.1, -0.05) is 23.7 Å². The van der Waals surface area contributed by atoms with Crippen molar-refractivity contribution in [1.29, 1.82) is 0 Å². The van der Waals surface area contributed by atoms with Gasteiger partial charge in [0, 0.05) is 11.8 Å². The Balaban J connectivity index is 2.03. The lowest BCUT2D eigenvalue weighted by molar-refractivity contribution is -0.123. The number of esters is 1. The molecule has 7 heteroatoms. The standard InChI is InChI=1S/C16H15ClN2O4/c1-9(20)12-5-3-4-6-13(12)19-15(21)10(2)23-16(22)14-7-11(17)8-18-14/h3-8,10,18H,1-2H3,(H,19,21). The maximum Gasteiger partial charge on any atom is 0.355 e. The van der Waals surface area contributed by atoms with E-state index < -0.39 is 18.0 Å². The Labute approximate surface area is 137 Å². The van der Waals surface area contributed by atoms with Crippen molar-refractivity contribution < 1.29 is 19.1 Å². The maximum absolute atomic E-state index is 12.1. The van der Waals surface area contributed by atoms with Crippen molar-refractivity contribution in [3.8, 4) is 0 Å². The molecule has 0 bridgehead atoms. The summed E-state index contributed by atoms with van der Waals surface area (Å²) < 4.78 is 5.06. The third-order valence-electron chi connectivity index (χ3n) is 3.08. The van der Waals surface area contributed by atoms with Gasteiger partial charge in [-0.15, -0.1) is 0 Å². The fourth-order valence-corrected chi connectivity index (χ4v) is 2.06. The number of halogens is 1. The summed E-state index contributed by atoms with van der Waals surface area (Å²) in [6, 6.07) is 8.01. The number of nitrogens with one attached hydrogen (secondary N) is 2. The zero-order valence-electron chi connectivity index (χ0n) is 12.6. The van der Waals surface area contributed by atoms with Crippen LogP contribution in [0, 0.1) is 0 Å². The highest BCUT2D eigenvalue weighted by molar-refractivity contribution is 6.30. The molecule has 2 N–H and O–H groups in total. The lowest BCUT2D eigenvalue weighted by Gasteiger charge is -2.14. The van der Waals surface area contributed by atoms with Crippen molar-refractivity contribution in [3.63, 3.8) is 0 Å². The summed E-state index contributed by atoms with van der Waals surface area (Å²) in [4.78, 5) is 38.1. The number of anilines is 1. The van der Waals surface area contributed by atoms with E-state index >= 15 is 0 Å². The van der Waals surface area contributed by atoms with Gasteiger partial charge in [0.15, 0.2) is 11.9 Å². The van der Waals surface area contributed by atoms with Crippen molar-refractivity contribution in [3.05, 3.63) is 52.8 Å². The molecule has 0 saturated heterocycles. The average molecular weight is 335 g/mol. The van der Waals surface area contributed by atoms with Crippen LogP contribution in [0.25, 0.3) is 0 Å². The van der Waals surface area contributed by atoms with Gasteiger partial charge in [-0.3, -0.25) is 9.59 Å². The molecule has 0 spiro atoms. The Bertz CT molecular complexity index is 754. The SMILES string of the molecule is CC(=O)c1ccccc1NC(=O)C(C)OC(=O)c1cc(Cl)c[nH]1. The number of amides is 1. The fraction of sp³-hybridized carbons (Fsp3) is 0.188. The second kappa shape index (κ2) is 7.11. The molecule has 1 atom stereocenters. The van der Waals surface area contributed by atoms with Crippen molar-refractivity contribution in [2.45, 2.75) is 20.0 Å². The zero-order valence-corrected chi connectivity index (χ0v) is 13.3. The topological polar surface area (TPSA) is 88.3 Å². The predicted octanol–water partition coefficient (Wildman–Crippen LogP) is 3.05. The van der Waals surface area contributed by atoms with E-state index in [1.54, 1.807) is 24.3 Å². The molecule has 6 nitrogen and oxygen atoms in total. The second-order valence-electron chi connectivity index (χ2n) is 4.87. The minimum Gasteiger partial charge on any atom is -0.448 e. The Morgan fingerprint density at radius 3 is 2.57 bits per heavy atom. The van der Waals surface area contributed by atoms with E-state index in [0.29, 0.717) is 16.3 Å². The summed E-state index contributed by atoms with van der Waals surface area (Å²) in [5.74, 6) is -1.41. The second-order valence-corrected chi connectivity index (χ2v) is 5.31. The van der Waals surface area contributed by atoms with Crippen LogP contribution in [-0.2, 0) is 9.53 Å². The highest BCUT2D eigenvalue weighted by Crippen LogP contribution is 2.16. The molecular weight excluding hydrogens is 320 g/mol. The predicted molar refractivity (Wildman–Crippen MR) is 85.8 cm³/mol. The van der Waals surface area contributed by atoms with Gasteiger partial charge in [0.05, 0.1) is 10.7 Å². The summed E-state index contributed by atoms with van der Waals surface area (Å²) in [6.45, 7) is 2.84. The largest absolute Gasteiger partial charge is 0.448 e. The number of rotatable bonds is 5. The fourth-order valence-electron chi connectivity index (χ4n) is 1.90. The van der Waals surface area contributed by atoms with E-state index in [0.717, 1.165) is 0 Å². The van der Waals surface area contributed by atoms with Crippen LogP contribution >= 0.6 is 11.6 Å². The Morgan fingerprint density at radius 1 is 1.26 bits per heavy atom. The molecule has 0 saturated carbocycles. The number of aromatic amines is 1. The van der Waals surface area contributed by atoms with Crippen molar-refractivity contribution in [1.82, 2.24) is 4.98 Å². The number of H-pyrrole nitrogens is 1. The van der Waals surface area contributed by atoms with Gasteiger partial charge in [0.2, 0.25) is 0 Å². The van der Waals surface area contributed by atoms with Gasteiger partial charge in [-0.25, -0.2) is 4.79 Å². The third-order valence-corrected chi connectivity index (χ3v) is 3.30. The van der Waals surface area contributed by atoms with E-state index in [4.69, 9.17) is 16.3 Å². The molecule has 0 aliphatic rings. The van der Waals surface area contributed by atoms with E-state index in [2.05, 4.69) is 10.3 Å². The molecule has 1 aromatic heterocycles. The summed E-state index contributed by atoms with van der Waals surface area (Å²) in [5.41, 5.74) is 0.908. The average Bonchev–Trinajstić information content (AvgIpc) is 2.94. The van der Waals surface area contributed by atoms with Gasteiger partial charge in [-0.05, 0) is 32.0 Å². The molecule has 1 aromatic carbocycles. The first kappa shape index (κ1) is 16.8. The zero-order chi connectivity index (χ0) is 17.0. The number of carbonyl (C=O) groups excluding carboxylic acids is 3. The number of ketones is 1. The van der Waals surface area contributed by atoms with Crippen LogP contribution in [0.5, 0.6) is 0 Å². The number of carbonyl (C=O) groups is 3. The van der Waals surface area contributed by atoms with E-state index in [1.165, 1.54) is 26.1 Å². The number of ether oxygens (including phenoxy) is 1. The third kappa shape index (κ3) is 4.20. The number of para-hydroxylation sites is 1. The number of hydrogen-bond donors (Lipinski definition) is 2. The molecule has 2 aromatic rings. The smallest absolute Gasteiger partial charge is 0.355 e. The first-order valence-corrected chi connectivity index (χ1v) is 7.22. The molecular formula is C16H15ClN2O4. The molecule has 0 radical (unpaired) electrons. The number of Topliss-reactive ketones (excluding diaryl/α,β-unsaturated/α-hetero) is 1. The molecule has 120 valence electrons. The van der Waals surface area contributed by atoms with Crippen molar-refractivity contribution in [2.75, 3.05) is 5.32 Å². The van der Waals surface area contributed by atoms with Crippen molar-refractivity contribution >= 4 is 34.9 Å². The van der Waals surface area contributed by atoms with Gasteiger partial charge >= 0.3 is 5.97 Å². The molecule has 23 heavy (non-hydrogen) atoms. The minimum absolute atomic E-state index is 0.152. The van der Waals surface area contributed by atoms with Crippen LogP contribution in [0.3, 0.4) is 0 Å². The van der Waals surface area contributed by atoms with E-state index in [-0.39, 0.29) is 11.5 Å². The summed E-state index contributed by atoms with van der Waals surface area (Å²) in [6.07, 6.45) is 0.399. The van der Waals surface area contributed by atoms with Crippen LogP contribution in [0.1, 0.15) is 34.7 Å². The van der Waals surface area contributed by atoms with Crippen LogP contribution < -0.4 is 5.32 Å². The van der Waals surface area contributed by atoms with E-state index in [9.17, 15) is 14.4 Å². The van der Waals surface area contributed by atoms with Gasteiger partial charge in [-0.2, -0.15) is 0 Å². The molecule has 0 aliphatic heterocycles. The number of aromatic nitrogens is 1. The van der Waals surface area contributed by atoms with E-state index in [1.807, 2.05) is 0 Å². The Morgan fingerprint density at radius 2 is 1.96 bits per heavy atom. The monoisotopic (exact) mass is 334 g/mol. The number of benzene rings is 1. The molecule has 1 heterocycles. The minimum atomic E-state index is -1.04. The van der Waals surface area contributed by atoms with Crippen molar-refractivity contribution in [2.24, 2.45) is 0 Å². The quantitative estimate of drug-likeness (QED) is 0.649. The highest BCUT2D eigenvalue weighted by Gasteiger charge is 2.21. The summed E-state index contributed by atoms with van der Waals surface area (Å²) in [7, 11) is 0. The molecule has 2 rings (SSSR count). The number of hydrogen-bond acceptors (Lipinski definition) is 4. The summed E-state index contributed by atoms with van der Waals surface area (Å²) >= 11 is 5.71. The summed E-state index contributed by atoms with van der Waals surface area (Å²) in [5, 5.41) is 2.95. The Hall–Kier alpha value is -2.60. The van der Waals surface area contributed by atoms with Crippen LogP contribution in [0.15, 0.2) is 36.5 Å². The molecule has 0 aliphatic carbocycles. The first-order chi connectivity index (χ1) is 10.9. The Kier molecular flexibility index (Phi) is 5.18. The van der Waals surface area contributed by atoms with Crippen LogP contribution in [0.2, 0.25) is 5.02 Å².